The molecule has 1 fully saturated rings. The molecule has 21 heavy (non-hydrogen) atoms. The lowest BCUT2D eigenvalue weighted by atomic mass is 10.0. The quantitative estimate of drug-likeness (QED) is 0.891. The van der Waals surface area contributed by atoms with Gasteiger partial charge in [0.15, 0.2) is 5.03 Å². The molecule has 0 saturated carbocycles. The molecule has 1 aromatic rings. The summed E-state index contributed by atoms with van der Waals surface area (Å²) in [5.74, 6) is -0.815. The van der Waals surface area contributed by atoms with E-state index in [9.17, 15) is 26.4 Å². The van der Waals surface area contributed by atoms with Crippen LogP contribution in [0.3, 0.4) is 0 Å². The highest BCUT2D eigenvalue weighted by molar-refractivity contribution is 7.89. The Kier molecular flexibility index (Phi) is 3.93. The first kappa shape index (κ1) is 15.7. The Labute approximate surface area is 119 Å². The number of hydrogen-bond acceptors (Lipinski definition) is 4. The summed E-state index contributed by atoms with van der Waals surface area (Å²) in [5.41, 5.74) is -0.0843. The Bertz CT molecular complexity index is 643. The monoisotopic (exact) mass is 323 g/mol. The average molecular weight is 323 g/mol. The summed E-state index contributed by atoms with van der Waals surface area (Å²) in [6.07, 6.45) is -3.63. The van der Waals surface area contributed by atoms with Crippen LogP contribution in [0.2, 0.25) is 0 Å². The summed E-state index contributed by atoms with van der Waals surface area (Å²) in [6, 6.07) is 0.429. The van der Waals surface area contributed by atoms with Crippen LogP contribution in [0.15, 0.2) is 23.4 Å². The van der Waals surface area contributed by atoms with Crippen LogP contribution in [0.25, 0.3) is 0 Å². The zero-order valence-electron chi connectivity index (χ0n) is 10.9. The van der Waals surface area contributed by atoms with Crippen molar-refractivity contribution in [1.82, 2.24) is 14.6 Å². The van der Waals surface area contributed by atoms with Gasteiger partial charge in [0.1, 0.15) is 6.04 Å². The molecule has 2 rings (SSSR count). The number of alkyl halides is 3. The lowest BCUT2D eigenvalue weighted by Crippen LogP contribution is -2.58. The van der Waals surface area contributed by atoms with Crippen LogP contribution in [0.5, 0.6) is 0 Å². The minimum atomic E-state index is -4.46. The molecule has 1 aliphatic rings. The number of rotatable bonds is 3. The van der Waals surface area contributed by atoms with E-state index < -0.39 is 28.1 Å². The molecule has 1 aromatic heterocycles. The predicted octanol–water partition coefficient (Wildman–Crippen LogP) is 0.766. The van der Waals surface area contributed by atoms with E-state index in [1.54, 1.807) is 0 Å². The van der Waals surface area contributed by atoms with Crippen LogP contribution in [0, 0.1) is 0 Å². The number of amides is 1. The van der Waals surface area contributed by atoms with Crippen molar-refractivity contribution < 1.29 is 26.4 Å². The summed E-state index contributed by atoms with van der Waals surface area (Å²) in [7, 11) is -2.55. The second-order valence-electron chi connectivity index (χ2n) is 4.44. The van der Waals surface area contributed by atoms with Gasteiger partial charge in [-0.3, -0.25) is 4.79 Å². The Hall–Kier alpha value is -1.68. The van der Waals surface area contributed by atoms with Crippen LogP contribution in [-0.4, -0.2) is 50.0 Å². The van der Waals surface area contributed by atoms with E-state index in [4.69, 9.17) is 0 Å². The van der Waals surface area contributed by atoms with Gasteiger partial charge >= 0.3 is 6.18 Å². The van der Waals surface area contributed by atoms with E-state index >= 15 is 0 Å². The number of likely N-dealkylation sites (tertiary alicyclic amines) is 1. The number of carbonyl (C=O) groups excluding carboxylic acids is 1. The Morgan fingerprint density at radius 1 is 1.43 bits per heavy atom. The van der Waals surface area contributed by atoms with Gasteiger partial charge in [-0.2, -0.15) is 13.2 Å². The van der Waals surface area contributed by atoms with Crippen molar-refractivity contribution in [3.05, 3.63) is 23.9 Å². The molecule has 1 aliphatic heterocycles. The zero-order valence-corrected chi connectivity index (χ0v) is 11.7. The number of halogens is 3. The largest absolute Gasteiger partial charge is 0.408 e. The number of sulfonamides is 1. The van der Waals surface area contributed by atoms with E-state index in [1.165, 1.54) is 7.05 Å². The van der Waals surface area contributed by atoms with E-state index in [-0.39, 0.29) is 23.6 Å². The lowest BCUT2D eigenvalue weighted by Gasteiger charge is -2.41. The smallest absolute Gasteiger partial charge is 0.326 e. The third kappa shape index (κ3) is 3.00. The van der Waals surface area contributed by atoms with Gasteiger partial charge in [-0.25, -0.2) is 18.1 Å². The second kappa shape index (κ2) is 5.26. The first-order valence-corrected chi connectivity index (χ1v) is 7.42. The summed E-state index contributed by atoms with van der Waals surface area (Å²) >= 11 is 0. The molecule has 1 amide bonds. The van der Waals surface area contributed by atoms with Crippen molar-refractivity contribution in [2.24, 2.45) is 0 Å². The van der Waals surface area contributed by atoms with Gasteiger partial charge in [-0.1, -0.05) is 0 Å². The number of nitrogens with one attached hydrogen (secondary N) is 1. The molecule has 0 radical (unpaired) electrons. The molecule has 1 N–H and O–H groups in total. The standard InChI is InChI=1S/C11H12F3N3O3S/c1-15-21(19,20)9-3-2-7(6-16-9)10(18)17-5-4-8(17)11(12,13)14/h2-3,6,8,15H,4-5H2,1H3/t8-/m0/s1. The topological polar surface area (TPSA) is 79.4 Å². The van der Waals surface area contributed by atoms with Crippen molar-refractivity contribution in [3.63, 3.8) is 0 Å². The van der Waals surface area contributed by atoms with Crippen LogP contribution in [0.1, 0.15) is 16.8 Å². The Morgan fingerprint density at radius 2 is 2.10 bits per heavy atom. The fraction of sp³-hybridized carbons (Fsp3) is 0.455. The van der Waals surface area contributed by atoms with Gasteiger partial charge < -0.3 is 4.90 Å². The summed E-state index contributed by atoms with van der Waals surface area (Å²) < 4.78 is 62.7. The molecule has 0 aliphatic carbocycles. The summed E-state index contributed by atoms with van der Waals surface area (Å²) in [6.45, 7) is 0.0135. The van der Waals surface area contributed by atoms with Crippen molar-refractivity contribution in [1.29, 1.82) is 0 Å². The van der Waals surface area contributed by atoms with Crippen LogP contribution >= 0.6 is 0 Å². The first-order chi connectivity index (χ1) is 9.66. The molecule has 0 unspecified atom stereocenters. The number of pyridine rings is 1. The van der Waals surface area contributed by atoms with Gasteiger partial charge in [-0.15, -0.1) is 0 Å². The molecule has 1 saturated heterocycles. The van der Waals surface area contributed by atoms with Crippen LogP contribution in [-0.2, 0) is 10.0 Å². The highest BCUT2D eigenvalue weighted by Gasteiger charge is 2.50. The fourth-order valence-corrected chi connectivity index (χ4v) is 2.55. The molecule has 0 bridgehead atoms. The van der Waals surface area contributed by atoms with Crippen molar-refractivity contribution in [2.75, 3.05) is 13.6 Å². The Morgan fingerprint density at radius 3 is 2.48 bits per heavy atom. The molecular formula is C11H12F3N3O3S. The van der Waals surface area contributed by atoms with E-state index in [0.29, 0.717) is 4.90 Å². The highest BCUT2D eigenvalue weighted by atomic mass is 32.2. The average Bonchev–Trinajstić information content (AvgIpc) is 2.35. The molecule has 6 nitrogen and oxygen atoms in total. The molecule has 0 spiro atoms. The van der Waals surface area contributed by atoms with Gasteiger partial charge in [0.25, 0.3) is 15.9 Å². The van der Waals surface area contributed by atoms with E-state index in [1.807, 2.05) is 4.72 Å². The van der Waals surface area contributed by atoms with Gasteiger partial charge in [0, 0.05) is 12.7 Å². The minimum Gasteiger partial charge on any atom is -0.326 e. The third-order valence-corrected chi connectivity index (χ3v) is 4.52. The third-order valence-electron chi connectivity index (χ3n) is 3.19. The second-order valence-corrected chi connectivity index (χ2v) is 6.27. The van der Waals surface area contributed by atoms with Crippen LogP contribution < -0.4 is 4.72 Å². The maximum atomic E-state index is 12.6. The lowest BCUT2D eigenvalue weighted by molar-refractivity contribution is -0.199. The molecule has 1 atom stereocenters. The Balaban J connectivity index is 2.18. The molecule has 0 aromatic carbocycles. The minimum absolute atomic E-state index is 0.0135. The fourth-order valence-electron chi connectivity index (χ4n) is 1.91. The molecule has 116 valence electrons. The van der Waals surface area contributed by atoms with Crippen LogP contribution in [0.4, 0.5) is 13.2 Å². The highest BCUT2D eigenvalue weighted by Crippen LogP contribution is 2.34. The van der Waals surface area contributed by atoms with E-state index in [0.717, 1.165) is 18.3 Å². The normalized spacial score (nSPS) is 19.2. The zero-order chi connectivity index (χ0) is 15.8. The molecule has 2 heterocycles. The van der Waals surface area contributed by atoms with Crippen molar-refractivity contribution in [3.8, 4) is 0 Å². The number of aromatic nitrogens is 1. The summed E-state index contributed by atoms with van der Waals surface area (Å²) in [5, 5.41) is -0.308. The van der Waals surface area contributed by atoms with Gasteiger partial charge in [0.05, 0.1) is 5.56 Å². The van der Waals surface area contributed by atoms with E-state index in [2.05, 4.69) is 4.98 Å². The maximum Gasteiger partial charge on any atom is 0.408 e. The van der Waals surface area contributed by atoms with Gasteiger partial charge in [-0.05, 0) is 25.6 Å². The maximum absolute atomic E-state index is 12.6. The van der Waals surface area contributed by atoms with Gasteiger partial charge in [0.2, 0.25) is 0 Å². The predicted molar refractivity (Wildman–Crippen MR) is 66.0 cm³/mol. The van der Waals surface area contributed by atoms with Crippen molar-refractivity contribution >= 4 is 15.9 Å². The summed E-state index contributed by atoms with van der Waals surface area (Å²) in [4.78, 5) is 16.2. The number of carbonyl (C=O) groups is 1. The molecular weight excluding hydrogens is 311 g/mol. The number of hydrogen-bond donors (Lipinski definition) is 1. The molecule has 10 heteroatoms. The SMILES string of the molecule is CNS(=O)(=O)c1ccc(C(=O)N2CC[C@H]2C(F)(F)F)cn1. The first-order valence-electron chi connectivity index (χ1n) is 5.94. The van der Waals surface area contributed by atoms with Crippen molar-refractivity contribution in [2.45, 2.75) is 23.7 Å². The number of nitrogens with zero attached hydrogens (tertiary/aromatic N) is 2.